The van der Waals surface area contributed by atoms with Gasteiger partial charge in [0.05, 0.1) is 5.92 Å². The highest BCUT2D eigenvalue weighted by Gasteiger charge is 2.28. The minimum Gasteiger partial charge on any atom is -0.481 e. The van der Waals surface area contributed by atoms with Gasteiger partial charge < -0.3 is 15.3 Å². The van der Waals surface area contributed by atoms with E-state index in [4.69, 9.17) is 10.4 Å². The smallest absolute Gasteiger partial charge is 0.306 e. The largest absolute Gasteiger partial charge is 0.481 e. The van der Waals surface area contributed by atoms with Crippen molar-refractivity contribution in [3.8, 4) is 6.07 Å². The van der Waals surface area contributed by atoms with E-state index < -0.39 is 5.97 Å². The van der Waals surface area contributed by atoms with Crippen LogP contribution < -0.4 is 5.32 Å². The molecule has 6 nitrogen and oxygen atoms in total. The third-order valence-corrected chi connectivity index (χ3v) is 3.13. The first-order chi connectivity index (χ1) is 9.24. The summed E-state index contributed by atoms with van der Waals surface area (Å²) in [4.78, 5) is 24.6. The zero-order valence-corrected chi connectivity index (χ0v) is 12.1. The molecule has 1 aliphatic heterocycles. The lowest BCUT2D eigenvalue weighted by molar-refractivity contribution is -0.145. The van der Waals surface area contributed by atoms with E-state index in [1.807, 2.05) is 26.8 Å². The summed E-state index contributed by atoms with van der Waals surface area (Å²) >= 11 is 0. The van der Waals surface area contributed by atoms with Gasteiger partial charge in [0.1, 0.15) is 11.6 Å². The van der Waals surface area contributed by atoms with Crippen LogP contribution in [-0.4, -0.2) is 40.5 Å². The predicted octanol–water partition coefficient (Wildman–Crippen LogP) is 1.11. The molecule has 110 valence electrons. The predicted molar refractivity (Wildman–Crippen MR) is 73.5 cm³/mol. The van der Waals surface area contributed by atoms with Gasteiger partial charge in [-0.05, 0) is 33.6 Å². The molecule has 1 heterocycles. The highest BCUT2D eigenvalue weighted by molar-refractivity contribution is 5.97. The maximum absolute atomic E-state index is 12.2. The van der Waals surface area contributed by atoms with Gasteiger partial charge in [-0.3, -0.25) is 9.59 Å². The lowest BCUT2D eigenvalue weighted by Crippen LogP contribution is -2.41. The number of carbonyl (C=O) groups is 2. The van der Waals surface area contributed by atoms with Crippen LogP contribution in [0.25, 0.3) is 0 Å². The maximum Gasteiger partial charge on any atom is 0.306 e. The Morgan fingerprint density at radius 1 is 1.35 bits per heavy atom. The van der Waals surface area contributed by atoms with Gasteiger partial charge in [-0.25, -0.2) is 0 Å². The van der Waals surface area contributed by atoms with E-state index in [1.165, 1.54) is 6.20 Å². The second kappa shape index (κ2) is 6.42. The molecule has 0 aromatic heterocycles. The summed E-state index contributed by atoms with van der Waals surface area (Å²) < 4.78 is 0. The number of nitrogens with one attached hydrogen (secondary N) is 1. The number of hydrogen-bond acceptors (Lipinski definition) is 4. The Labute approximate surface area is 119 Å². The van der Waals surface area contributed by atoms with Crippen molar-refractivity contribution in [2.24, 2.45) is 5.92 Å². The van der Waals surface area contributed by atoms with Crippen molar-refractivity contribution in [2.75, 3.05) is 13.1 Å². The zero-order chi connectivity index (χ0) is 15.3. The molecule has 1 amide bonds. The number of nitrogens with zero attached hydrogens (tertiary/aromatic N) is 2. The molecule has 2 N–H and O–H groups in total. The molecular weight excluding hydrogens is 258 g/mol. The highest BCUT2D eigenvalue weighted by Crippen LogP contribution is 2.18. The highest BCUT2D eigenvalue weighted by atomic mass is 16.4. The van der Waals surface area contributed by atoms with Crippen molar-refractivity contribution in [3.63, 3.8) is 0 Å². The molecule has 1 rings (SSSR count). The number of carboxylic acids is 1. The number of rotatable bonds is 3. The molecule has 0 radical (unpaired) electrons. The average Bonchev–Trinajstić information content (AvgIpc) is 2.38. The molecule has 0 spiro atoms. The molecular formula is C14H21N3O3. The summed E-state index contributed by atoms with van der Waals surface area (Å²) in [7, 11) is 0. The van der Waals surface area contributed by atoms with Crippen molar-refractivity contribution in [3.05, 3.63) is 11.8 Å². The first kappa shape index (κ1) is 16.0. The average molecular weight is 279 g/mol. The van der Waals surface area contributed by atoms with Crippen molar-refractivity contribution in [2.45, 2.75) is 39.2 Å². The number of carbonyl (C=O) groups excluding carboxylic acids is 1. The van der Waals surface area contributed by atoms with E-state index in [-0.39, 0.29) is 22.9 Å². The monoisotopic (exact) mass is 279 g/mol. The molecule has 0 atom stereocenters. The number of nitriles is 1. The molecule has 1 saturated heterocycles. The molecule has 0 unspecified atom stereocenters. The second-order valence-corrected chi connectivity index (χ2v) is 5.97. The SMILES string of the molecule is CC(C)(C)N/C=C(/C#N)C(=O)N1CCC(C(=O)O)CC1. The van der Waals surface area contributed by atoms with E-state index in [0.29, 0.717) is 25.9 Å². The molecule has 0 aromatic carbocycles. The minimum absolute atomic E-state index is 0.0497. The van der Waals surface area contributed by atoms with E-state index in [1.54, 1.807) is 4.90 Å². The number of hydrogen-bond donors (Lipinski definition) is 2. The van der Waals surface area contributed by atoms with Crippen LogP contribution in [0, 0.1) is 17.2 Å². The Morgan fingerprint density at radius 2 is 1.90 bits per heavy atom. The van der Waals surface area contributed by atoms with Crippen LogP contribution in [0.1, 0.15) is 33.6 Å². The summed E-state index contributed by atoms with van der Waals surface area (Å²) in [6.07, 6.45) is 2.31. The number of carboxylic acid groups (broad SMARTS) is 1. The Hall–Kier alpha value is -2.03. The van der Waals surface area contributed by atoms with Crippen molar-refractivity contribution < 1.29 is 14.7 Å². The van der Waals surface area contributed by atoms with Gasteiger partial charge in [0.25, 0.3) is 5.91 Å². The normalized spacial score (nSPS) is 17.5. The van der Waals surface area contributed by atoms with E-state index >= 15 is 0 Å². The second-order valence-electron chi connectivity index (χ2n) is 5.97. The summed E-state index contributed by atoms with van der Waals surface area (Å²) in [5.74, 6) is -1.54. The lowest BCUT2D eigenvalue weighted by atomic mass is 9.97. The van der Waals surface area contributed by atoms with Gasteiger partial charge in [-0.1, -0.05) is 0 Å². The fourth-order valence-corrected chi connectivity index (χ4v) is 1.93. The molecule has 0 aromatic rings. The van der Waals surface area contributed by atoms with Crippen molar-refractivity contribution in [1.82, 2.24) is 10.2 Å². The van der Waals surface area contributed by atoms with Gasteiger partial charge in [0.15, 0.2) is 0 Å². The Kier molecular flexibility index (Phi) is 5.14. The molecule has 20 heavy (non-hydrogen) atoms. The quantitative estimate of drug-likeness (QED) is 0.596. The van der Waals surface area contributed by atoms with Gasteiger partial charge in [-0.2, -0.15) is 5.26 Å². The summed E-state index contributed by atoms with van der Waals surface area (Å²) in [6.45, 7) is 6.55. The first-order valence-electron chi connectivity index (χ1n) is 6.64. The van der Waals surface area contributed by atoms with Crippen LogP contribution in [-0.2, 0) is 9.59 Å². The van der Waals surface area contributed by atoms with Gasteiger partial charge >= 0.3 is 5.97 Å². The third-order valence-electron chi connectivity index (χ3n) is 3.13. The maximum atomic E-state index is 12.2. The first-order valence-corrected chi connectivity index (χ1v) is 6.64. The molecule has 1 fully saturated rings. The standard InChI is InChI=1S/C14H21N3O3/c1-14(2,3)16-9-11(8-15)12(18)17-6-4-10(5-7-17)13(19)20/h9-10,16H,4-7H2,1-3H3,(H,19,20)/b11-9-. The molecule has 0 saturated carbocycles. The summed E-state index contributed by atoms with van der Waals surface area (Å²) in [5.41, 5.74) is -0.174. The van der Waals surface area contributed by atoms with Crippen molar-refractivity contribution in [1.29, 1.82) is 5.26 Å². The zero-order valence-electron chi connectivity index (χ0n) is 12.1. The van der Waals surface area contributed by atoms with Gasteiger partial charge in [-0.15, -0.1) is 0 Å². The Balaban J connectivity index is 2.65. The number of likely N-dealkylation sites (tertiary alicyclic amines) is 1. The number of piperidine rings is 1. The fourth-order valence-electron chi connectivity index (χ4n) is 1.93. The molecule has 0 aliphatic carbocycles. The molecule has 1 aliphatic rings. The van der Waals surface area contributed by atoms with Crippen LogP contribution in [0.15, 0.2) is 11.8 Å². The number of aliphatic carboxylic acids is 1. The van der Waals surface area contributed by atoms with E-state index in [9.17, 15) is 9.59 Å². The summed E-state index contributed by atoms with van der Waals surface area (Å²) in [6, 6.07) is 1.90. The van der Waals surface area contributed by atoms with Crippen LogP contribution in [0.4, 0.5) is 0 Å². The molecule has 0 bridgehead atoms. The van der Waals surface area contributed by atoms with E-state index in [0.717, 1.165) is 0 Å². The lowest BCUT2D eigenvalue weighted by Gasteiger charge is -2.30. The topological polar surface area (TPSA) is 93.4 Å². The summed E-state index contributed by atoms with van der Waals surface area (Å²) in [5, 5.41) is 21.0. The van der Waals surface area contributed by atoms with Crippen LogP contribution in [0.3, 0.4) is 0 Å². The Morgan fingerprint density at radius 3 is 2.30 bits per heavy atom. The number of amides is 1. The fraction of sp³-hybridized carbons (Fsp3) is 0.643. The Bertz CT molecular complexity index is 449. The minimum atomic E-state index is -0.817. The van der Waals surface area contributed by atoms with Gasteiger partial charge in [0.2, 0.25) is 0 Å². The van der Waals surface area contributed by atoms with Crippen LogP contribution in [0.5, 0.6) is 0 Å². The van der Waals surface area contributed by atoms with Gasteiger partial charge in [0, 0.05) is 24.8 Å². The van der Waals surface area contributed by atoms with Crippen LogP contribution in [0.2, 0.25) is 0 Å². The van der Waals surface area contributed by atoms with Crippen LogP contribution >= 0.6 is 0 Å². The molecule has 6 heteroatoms. The van der Waals surface area contributed by atoms with E-state index in [2.05, 4.69) is 5.32 Å². The third kappa shape index (κ3) is 4.57. The van der Waals surface area contributed by atoms with Crippen molar-refractivity contribution >= 4 is 11.9 Å².